The van der Waals surface area contributed by atoms with Gasteiger partial charge in [-0.1, -0.05) is 30.3 Å². The van der Waals surface area contributed by atoms with Crippen LogP contribution in [0.3, 0.4) is 0 Å². The second-order valence-electron chi connectivity index (χ2n) is 4.95. The molecule has 3 rings (SSSR count). The minimum Gasteiger partial charge on any atom is -0.330 e. The molecule has 4 nitrogen and oxygen atoms in total. The molecule has 4 heteroatoms. The Kier molecular flexibility index (Phi) is 2.88. The lowest BCUT2D eigenvalue weighted by Crippen LogP contribution is -2.10. The minimum absolute atomic E-state index is 0.0682. The molecule has 0 amide bonds. The van der Waals surface area contributed by atoms with E-state index in [1.165, 1.54) is 5.56 Å². The number of nitrogens with one attached hydrogen (secondary N) is 1. The lowest BCUT2D eigenvalue weighted by atomic mass is 9.95. The molecule has 0 aliphatic heterocycles. The number of hydrogen-bond donors (Lipinski definition) is 2. The monoisotopic (exact) mass is 242 g/mol. The molecule has 0 atom stereocenters. The zero-order chi connectivity index (χ0) is 12.4. The van der Waals surface area contributed by atoms with Gasteiger partial charge in [0.05, 0.1) is 5.41 Å². The van der Waals surface area contributed by atoms with E-state index in [4.69, 9.17) is 5.73 Å². The van der Waals surface area contributed by atoms with Crippen LogP contribution in [0.15, 0.2) is 30.3 Å². The van der Waals surface area contributed by atoms with Crippen molar-refractivity contribution in [3.63, 3.8) is 0 Å². The summed E-state index contributed by atoms with van der Waals surface area (Å²) in [6, 6.07) is 10.5. The topological polar surface area (TPSA) is 67.6 Å². The van der Waals surface area contributed by atoms with Crippen LogP contribution in [0.2, 0.25) is 0 Å². The number of aryl methyl sites for hydroxylation is 1. The van der Waals surface area contributed by atoms with Gasteiger partial charge in [0, 0.05) is 6.42 Å². The van der Waals surface area contributed by atoms with E-state index >= 15 is 0 Å². The SMILES string of the molecule is NCCCc1nc(C2(c3ccccc3)CC2)n[nH]1. The van der Waals surface area contributed by atoms with Crippen molar-refractivity contribution in [2.45, 2.75) is 31.1 Å². The van der Waals surface area contributed by atoms with Gasteiger partial charge in [0.1, 0.15) is 5.82 Å². The van der Waals surface area contributed by atoms with E-state index in [1.54, 1.807) is 0 Å². The van der Waals surface area contributed by atoms with Crippen LogP contribution in [0.25, 0.3) is 0 Å². The highest BCUT2D eigenvalue weighted by Gasteiger charge is 2.49. The van der Waals surface area contributed by atoms with Gasteiger partial charge in [0.25, 0.3) is 0 Å². The average Bonchev–Trinajstić information content (AvgIpc) is 3.10. The number of nitrogens with two attached hydrogens (primary N) is 1. The number of hydrogen-bond acceptors (Lipinski definition) is 3. The van der Waals surface area contributed by atoms with Gasteiger partial charge in [-0.05, 0) is 31.4 Å². The summed E-state index contributed by atoms with van der Waals surface area (Å²) in [6.45, 7) is 0.694. The lowest BCUT2D eigenvalue weighted by Gasteiger charge is -2.10. The number of rotatable bonds is 5. The molecule has 1 heterocycles. The van der Waals surface area contributed by atoms with Crippen molar-refractivity contribution in [1.82, 2.24) is 15.2 Å². The number of nitrogens with zero attached hydrogens (tertiary/aromatic N) is 2. The van der Waals surface area contributed by atoms with Crippen LogP contribution in [0.1, 0.15) is 36.5 Å². The summed E-state index contributed by atoms with van der Waals surface area (Å²) in [5, 5.41) is 7.44. The first kappa shape index (κ1) is 11.4. The van der Waals surface area contributed by atoms with Crippen LogP contribution in [-0.4, -0.2) is 21.7 Å². The van der Waals surface area contributed by atoms with Crippen molar-refractivity contribution < 1.29 is 0 Å². The van der Waals surface area contributed by atoms with Crippen molar-refractivity contribution in [2.24, 2.45) is 5.73 Å². The molecule has 1 aromatic heterocycles. The summed E-state index contributed by atoms with van der Waals surface area (Å²) >= 11 is 0. The number of aromatic nitrogens is 3. The molecular formula is C14H18N4. The first-order valence-electron chi connectivity index (χ1n) is 6.52. The Hall–Kier alpha value is -1.68. The molecule has 94 valence electrons. The molecule has 1 aliphatic rings. The second-order valence-corrected chi connectivity index (χ2v) is 4.95. The van der Waals surface area contributed by atoms with Crippen LogP contribution in [0, 0.1) is 0 Å². The summed E-state index contributed by atoms with van der Waals surface area (Å²) in [5.41, 5.74) is 6.91. The highest BCUT2D eigenvalue weighted by atomic mass is 15.2. The lowest BCUT2D eigenvalue weighted by molar-refractivity contribution is 0.758. The van der Waals surface area contributed by atoms with Crippen LogP contribution in [0.5, 0.6) is 0 Å². The van der Waals surface area contributed by atoms with E-state index in [0.29, 0.717) is 6.54 Å². The molecule has 1 aliphatic carbocycles. The first-order valence-corrected chi connectivity index (χ1v) is 6.52. The van der Waals surface area contributed by atoms with E-state index in [-0.39, 0.29) is 5.41 Å². The fourth-order valence-corrected chi connectivity index (χ4v) is 2.41. The second kappa shape index (κ2) is 4.53. The predicted octanol–water partition coefficient (Wildman–Crippen LogP) is 1.78. The Balaban J connectivity index is 1.84. The number of H-pyrrole nitrogens is 1. The summed E-state index contributed by atoms with van der Waals surface area (Å²) in [4.78, 5) is 4.64. The molecule has 18 heavy (non-hydrogen) atoms. The van der Waals surface area contributed by atoms with Crippen LogP contribution < -0.4 is 5.73 Å². The molecule has 2 aromatic rings. The summed E-state index contributed by atoms with van der Waals surface area (Å²) < 4.78 is 0. The van der Waals surface area contributed by atoms with Crippen molar-refractivity contribution in [1.29, 1.82) is 0 Å². The average molecular weight is 242 g/mol. The summed E-state index contributed by atoms with van der Waals surface area (Å²) in [7, 11) is 0. The standard InChI is InChI=1S/C14H18N4/c15-10-4-7-12-16-13(18-17-12)14(8-9-14)11-5-2-1-3-6-11/h1-3,5-6H,4,7-10,15H2,(H,16,17,18). The predicted molar refractivity (Wildman–Crippen MR) is 70.2 cm³/mol. The zero-order valence-electron chi connectivity index (χ0n) is 10.4. The van der Waals surface area contributed by atoms with Gasteiger partial charge in [0.15, 0.2) is 5.82 Å². The van der Waals surface area contributed by atoms with Crippen molar-refractivity contribution in [2.75, 3.05) is 6.54 Å². The maximum absolute atomic E-state index is 5.51. The third-order valence-corrected chi connectivity index (χ3v) is 3.65. The molecule has 3 N–H and O–H groups in total. The molecule has 1 aromatic carbocycles. The highest BCUT2D eigenvalue weighted by Crippen LogP contribution is 2.51. The molecule has 1 saturated carbocycles. The van der Waals surface area contributed by atoms with Gasteiger partial charge >= 0.3 is 0 Å². The largest absolute Gasteiger partial charge is 0.330 e. The quantitative estimate of drug-likeness (QED) is 0.839. The Morgan fingerprint density at radius 2 is 2.00 bits per heavy atom. The Labute approximate surface area is 107 Å². The smallest absolute Gasteiger partial charge is 0.161 e. The number of benzene rings is 1. The zero-order valence-corrected chi connectivity index (χ0v) is 10.4. The molecule has 0 spiro atoms. The molecule has 0 bridgehead atoms. The third-order valence-electron chi connectivity index (χ3n) is 3.65. The molecule has 0 saturated heterocycles. The van der Waals surface area contributed by atoms with E-state index in [0.717, 1.165) is 37.3 Å². The van der Waals surface area contributed by atoms with E-state index in [9.17, 15) is 0 Å². The van der Waals surface area contributed by atoms with Crippen LogP contribution >= 0.6 is 0 Å². The minimum atomic E-state index is 0.0682. The van der Waals surface area contributed by atoms with Crippen LogP contribution in [-0.2, 0) is 11.8 Å². The summed E-state index contributed by atoms with van der Waals surface area (Å²) in [5.74, 6) is 1.90. The normalized spacial score (nSPS) is 16.7. The van der Waals surface area contributed by atoms with Crippen LogP contribution in [0.4, 0.5) is 0 Å². The van der Waals surface area contributed by atoms with Gasteiger partial charge < -0.3 is 5.73 Å². The summed E-state index contributed by atoms with van der Waals surface area (Å²) in [6.07, 6.45) is 4.12. The molecule has 0 unspecified atom stereocenters. The Morgan fingerprint density at radius 1 is 1.22 bits per heavy atom. The molecule has 1 fully saturated rings. The van der Waals surface area contributed by atoms with Gasteiger partial charge in [-0.2, -0.15) is 5.10 Å². The van der Waals surface area contributed by atoms with E-state index < -0.39 is 0 Å². The Bertz CT molecular complexity index is 514. The maximum atomic E-state index is 5.51. The van der Waals surface area contributed by atoms with Crippen molar-refractivity contribution in [3.8, 4) is 0 Å². The van der Waals surface area contributed by atoms with Gasteiger partial charge in [-0.15, -0.1) is 0 Å². The third kappa shape index (κ3) is 1.93. The fraction of sp³-hybridized carbons (Fsp3) is 0.429. The maximum Gasteiger partial charge on any atom is 0.161 e. The van der Waals surface area contributed by atoms with Gasteiger partial charge in [0.2, 0.25) is 0 Å². The highest BCUT2D eigenvalue weighted by molar-refractivity contribution is 5.38. The van der Waals surface area contributed by atoms with Crippen molar-refractivity contribution >= 4 is 0 Å². The van der Waals surface area contributed by atoms with E-state index in [1.807, 2.05) is 6.07 Å². The van der Waals surface area contributed by atoms with Gasteiger partial charge in [-0.25, -0.2) is 4.98 Å². The molecular weight excluding hydrogens is 224 g/mol. The van der Waals surface area contributed by atoms with Gasteiger partial charge in [-0.3, -0.25) is 5.10 Å². The molecule has 0 radical (unpaired) electrons. The number of aromatic amines is 1. The fourth-order valence-electron chi connectivity index (χ4n) is 2.41. The Morgan fingerprint density at radius 3 is 2.67 bits per heavy atom. The van der Waals surface area contributed by atoms with Crippen molar-refractivity contribution in [3.05, 3.63) is 47.5 Å². The van der Waals surface area contributed by atoms with E-state index in [2.05, 4.69) is 39.4 Å². The first-order chi connectivity index (χ1) is 8.85.